The van der Waals surface area contributed by atoms with E-state index in [2.05, 4.69) is 15.9 Å². The molecule has 0 aromatic heterocycles. The molecule has 3 rings (SSSR count). The van der Waals surface area contributed by atoms with Gasteiger partial charge in [0.2, 0.25) is 0 Å². The summed E-state index contributed by atoms with van der Waals surface area (Å²) in [6, 6.07) is 5.05. The highest BCUT2D eigenvalue weighted by Crippen LogP contribution is 2.46. The molecule has 0 aliphatic carbocycles. The van der Waals surface area contributed by atoms with Crippen LogP contribution in [0.25, 0.3) is 0 Å². The van der Waals surface area contributed by atoms with Crippen molar-refractivity contribution in [2.24, 2.45) is 10.9 Å². The van der Waals surface area contributed by atoms with Crippen LogP contribution >= 0.6 is 27.7 Å². The standard InChI is InChI=1S/C13H13BrFNOS/c1-8-16-13(7-17-5-9(13)6-18-8)11-4-10(14)2-3-12(11)15/h2-4,9H,5-7H2,1H3/t9-,13-/m0/s1. The van der Waals surface area contributed by atoms with Gasteiger partial charge < -0.3 is 4.74 Å². The molecule has 0 unspecified atom stereocenters. The SMILES string of the molecule is CC1=N[C@@]2(c3cc(Br)ccc3F)COC[C@H]2CS1. The van der Waals surface area contributed by atoms with Crippen molar-refractivity contribution in [3.63, 3.8) is 0 Å². The lowest BCUT2D eigenvalue weighted by atomic mass is 9.81. The van der Waals surface area contributed by atoms with Gasteiger partial charge in [0.05, 0.1) is 18.3 Å². The number of halogens is 2. The Morgan fingerprint density at radius 1 is 1.56 bits per heavy atom. The number of hydrogen-bond acceptors (Lipinski definition) is 3. The lowest BCUT2D eigenvalue weighted by Crippen LogP contribution is -2.38. The highest BCUT2D eigenvalue weighted by atomic mass is 79.9. The fourth-order valence-electron chi connectivity index (χ4n) is 2.64. The molecule has 2 aliphatic rings. The lowest BCUT2D eigenvalue weighted by molar-refractivity contribution is 0.176. The van der Waals surface area contributed by atoms with E-state index in [9.17, 15) is 4.39 Å². The van der Waals surface area contributed by atoms with Crippen LogP contribution in [0.5, 0.6) is 0 Å². The van der Waals surface area contributed by atoms with Gasteiger partial charge in [0.1, 0.15) is 11.4 Å². The fraction of sp³-hybridized carbons (Fsp3) is 0.462. The predicted molar refractivity (Wildman–Crippen MR) is 75.7 cm³/mol. The van der Waals surface area contributed by atoms with Gasteiger partial charge in [-0.3, -0.25) is 4.99 Å². The van der Waals surface area contributed by atoms with Crippen LogP contribution < -0.4 is 0 Å². The lowest BCUT2D eigenvalue weighted by Gasteiger charge is -2.34. The van der Waals surface area contributed by atoms with Crippen LogP contribution in [0.2, 0.25) is 0 Å². The van der Waals surface area contributed by atoms with Crippen molar-refractivity contribution in [3.05, 3.63) is 34.1 Å². The minimum atomic E-state index is -0.525. The van der Waals surface area contributed by atoms with Gasteiger partial charge >= 0.3 is 0 Å². The van der Waals surface area contributed by atoms with Crippen LogP contribution in [0.4, 0.5) is 4.39 Å². The first kappa shape index (κ1) is 12.6. The van der Waals surface area contributed by atoms with Gasteiger partial charge in [-0.05, 0) is 25.1 Å². The summed E-state index contributed by atoms with van der Waals surface area (Å²) in [6.45, 7) is 3.12. The molecule has 0 N–H and O–H groups in total. The maximum absolute atomic E-state index is 14.2. The molecule has 2 atom stereocenters. The third-order valence-corrected chi connectivity index (χ3v) is 5.13. The molecule has 0 amide bonds. The largest absolute Gasteiger partial charge is 0.378 e. The maximum atomic E-state index is 14.2. The fourth-order valence-corrected chi connectivity index (χ4v) is 4.05. The summed E-state index contributed by atoms with van der Waals surface area (Å²) in [5.41, 5.74) is 0.127. The van der Waals surface area contributed by atoms with E-state index >= 15 is 0 Å². The Bertz CT molecular complexity index is 522. The average Bonchev–Trinajstić information content (AvgIpc) is 2.76. The van der Waals surface area contributed by atoms with E-state index in [0.717, 1.165) is 15.3 Å². The highest BCUT2D eigenvalue weighted by molar-refractivity contribution is 9.10. The molecule has 1 aromatic rings. The van der Waals surface area contributed by atoms with Gasteiger partial charge in [-0.15, -0.1) is 11.8 Å². The number of fused-ring (bicyclic) bond motifs is 1. The van der Waals surface area contributed by atoms with Gasteiger partial charge in [-0.2, -0.15) is 0 Å². The topological polar surface area (TPSA) is 21.6 Å². The molecule has 0 radical (unpaired) electrons. The molecule has 2 heterocycles. The summed E-state index contributed by atoms with van der Waals surface area (Å²) < 4.78 is 20.6. The molecule has 2 nitrogen and oxygen atoms in total. The van der Waals surface area contributed by atoms with Crippen LogP contribution in [0.15, 0.2) is 27.7 Å². The van der Waals surface area contributed by atoms with Crippen molar-refractivity contribution >= 4 is 32.7 Å². The van der Waals surface area contributed by atoms with E-state index in [1.807, 2.05) is 13.0 Å². The van der Waals surface area contributed by atoms with E-state index in [4.69, 9.17) is 9.73 Å². The normalized spacial score (nSPS) is 31.1. The number of thioether (sulfide) groups is 1. The van der Waals surface area contributed by atoms with Crippen molar-refractivity contribution < 1.29 is 9.13 Å². The van der Waals surface area contributed by atoms with Gasteiger partial charge in [-0.1, -0.05) is 15.9 Å². The second-order valence-electron chi connectivity index (χ2n) is 4.70. The molecular weight excluding hydrogens is 317 g/mol. The van der Waals surface area contributed by atoms with Crippen LogP contribution in [-0.2, 0) is 10.3 Å². The van der Waals surface area contributed by atoms with Crippen molar-refractivity contribution in [2.45, 2.75) is 12.5 Å². The van der Waals surface area contributed by atoms with E-state index in [1.54, 1.807) is 17.8 Å². The van der Waals surface area contributed by atoms with Crippen LogP contribution in [0.3, 0.4) is 0 Å². The monoisotopic (exact) mass is 329 g/mol. The zero-order chi connectivity index (χ0) is 12.8. The third kappa shape index (κ3) is 1.92. The Morgan fingerprint density at radius 2 is 2.39 bits per heavy atom. The highest BCUT2D eigenvalue weighted by Gasteiger charge is 2.48. The molecule has 18 heavy (non-hydrogen) atoms. The number of benzene rings is 1. The zero-order valence-corrected chi connectivity index (χ0v) is 12.4. The average molecular weight is 330 g/mol. The summed E-state index contributed by atoms with van der Waals surface area (Å²) in [6.07, 6.45) is 0. The number of rotatable bonds is 1. The summed E-state index contributed by atoms with van der Waals surface area (Å²) in [7, 11) is 0. The maximum Gasteiger partial charge on any atom is 0.129 e. The first-order chi connectivity index (χ1) is 8.62. The van der Waals surface area contributed by atoms with Gasteiger partial charge in [-0.25, -0.2) is 4.39 Å². The van der Waals surface area contributed by atoms with Gasteiger partial charge in [0, 0.05) is 21.7 Å². The molecule has 2 aliphatic heterocycles. The Morgan fingerprint density at radius 3 is 3.22 bits per heavy atom. The third-order valence-electron chi connectivity index (χ3n) is 3.56. The van der Waals surface area contributed by atoms with Gasteiger partial charge in [0.15, 0.2) is 0 Å². The minimum Gasteiger partial charge on any atom is -0.378 e. The summed E-state index contributed by atoms with van der Waals surface area (Å²) >= 11 is 5.14. The smallest absolute Gasteiger partial charge is 0.129 e. The number of hydrogen-bond donors (Lipinski definition) is 0. The molecule has 0 spiro atoms. The van der Waals surface area contributed by atoms with Crippen LogP contribution in [-0.4, -0.2) is 24.0 Å². The van der Waals surface area contributed by atoms with Crippen molar-refractivity contribution in [3.8, 4) is 0 Å². The van der Waals surface area contributed by atoms with E-state index < -0.39 is 5.54 Å². The van der Waals surface area contributed by atoms with Gasteiger partial charge in [0.25, 0.3) is 0 Å². The Balaban J connectivity index is 2.17. The summed E-state index contributed by atoms with van der Waals surface area (Å²) in [5, 5.41) is 1.01. The number of ether oxygens (including phenoxy) is 1. The molecule has 1 saturated heterocycles. The Kier molecular flexibility index (Phi) is 3.24. The number of nitrogens with zero attached hydrogens (tertiary/aromatic N) is 1. The van der Waals surface area contributed by atoms with Crippen molar-refractivity contribution in [1.82, 2.24) is 0 Å². The molecule has 1 aromatic carbocycles. The van der Waals surface area contributed by atoms with Crippen molar-refractivity contribution in [2.75, 3.05) is 19.0 Å². The van der Waals surface area contributed by atoms with Crippen LogP contribution in [0, 0.1) is 11.7 Å². The van der Waals surface area contributed by atoms with E-state index in [-0.39, 0.29) is 11.7 Å². The van der Waals surface area contributed by atoms with Crippen molar-refractivity contribution in [1.29, 1.82) is 0 Å². The molecule has 1 fully saturated rings. The molecule has 0 saturated carbocycles. The first-order valence-corrected chi connectivity index (χ1v) is 7.62. The first-order valence-electron chi connectivity index (χ1n) is 5.84. The Labute approximate surface area is 118 Å². The zero-order valence-electron chi connectivity index (χ0n) is 9.95. The number of aliphatic imine (C=N–C) groups is 1. The molecular formula is C13H13BrFNOS. The van der Waals surface area contributed by atoms with E-state index in [0.29, 0.717) is 18.8 Å². The predicted octanol–water partition coefficient (Wildman–Crippen LogP) is 3.60. The second kappa shape index (κ2) is 4.62. The van der Waals surface area contributed by atoms with E-state index in [1.165, 1.54) is 6.07 Å². The Hall–Kier alpha value is -0.390. The van der Waals surface area contributed by atoms with Crippen LogP contribution in [0.1, 0.15) is 12.5 Å². The summed E-state index contributed by atoms with van der Waals surface area (Å²) in [5.74, 6) is 1.01. The second-order valence-corrected chi connectivity index (χ2v) is 6.83. The minimum absolute atomic E-state index is 0.197. The summed E-state index contributed by atoms with van der Waals surface area (Å²) in [4.78, 5) is 4.74. The molecule has 96 valence electrons. The quantitative estimate of drug-likeness (QED) is 0.785. The molecule has 0 bridgehead atoms. The molecule has 5 heteroatoms.